The van der Waals surface area contributed by atoms with E-state index in [0.717, 1.165) is 0 Å². The number of esters is 2. The molecular weight excluding hydrogens is 306 g/mol. The molecule has 5 nitrogen and oxygen atoms in total. The van der Waals surface area contributed by atoms with Gasteiger partial charge < -0.3 is 9.47 Å². The van der Waals surface area contributed by atoms with E-state index in [9.17, 15) is 14.9 Å². The predicted octanol–water partition coefficient (Wildman–Crippen LogP) is 3.82. The number of carbonyl (C=O) groups excluding carboxylic acids is 2. The Labute approximate surface area is 146 Å². The van der Waals surface area contributed by atoms with E-state index in [-0.39, 0.29) is 36.9 Å². The molecule has 0 saturated heterocycles. The topological polar surface area (TPSA) is 76.4 Å². The lowest BCUT2D eigenvalue weighted by Gasteiger charge is -2.37. The first-order chi connectivity index (χ1) is 11.0. The third-order valence-corrected chi connectivity index (χ3v) is 3.95. The van der Waals surface area contributed by atoms with Crippen molar-refractivity contribution in [3.8, 4) is 6.07 Å². The zero-order valence-corrected chi connectivity index (χ0v) is 16.4. The van der Waals surface area contributed by atoms with Gasteiger partial charge in [-0.25, -0.2) is 0 Å². The summed E-state index contributed by atoms with van der Waals surface area (Å²) in [7, 11) is 0. The quantitative estimate of drug-likeness (QED) is 0.597. The van der Waals surface area contributed by atoms with E-state index in [1.807, 2.05) is 41.5 Å². The molecule has 24 heavy (non-hydrogen) atoms. The summed E-state index contributed by atoms with van der Waals surface area (Å²) in [5.41, 5.74) is -1.54. The summed E-state index contributed by atoms with van der Waals surface area (Å²) >= 11 is 0. The maximum absolute atomic E-state index is 12.8. The molecule has 0 heterocycles. The molecule has 0 amide bonds. The average molecular weight is 339 g/mol. The van der Waals surface area contributed by atoms with Gasteiger partial charge in [0.25, 0.3) is 0 Å². The molecule has 0 fully saturated rings. The molecule has 0 aliphatic rings. The molecule has 2 atom stereocenters. The molecule has 0 N–H and O–H groups in total. The van der Waals surface area contributed by atoms with Gasteiger partial charge in [0.1, 0.15) is 0 Å². The summed E-state index contributed by atoms with van der Waals surface area (Å²) in [5.74, 6) is -2.25. The second kappa shape index (κ2) is 9.66. The van der Waals surface area contributed by atoms with Crippen molar-refractivity contribution < 1.29 is 19.1 Å². The molecule has 0 saturated carbocycles. The van der Waals surface area contributed by atoms with Crippen LogP contribution in [0.1, 0.15) is 55.4 Å². The predicted molar refractivity (Wildman–Crippen MR) is 92.8 cm³/mol. The smallest absolute Gasteiger partial charge is 0.327 e. The van der Waals surface area contributed by atoms with Crippen molar-refractivity contribution >= 4 is 11.9 Å². The lowest BCUT2D eigenvalue weighted by Crippen LogP contribution is -2.49. The molecule has 0 aliphatic heterocycles. The van der Waals surface area contributed by atoms with Crippen LogP contribution in [0.3, 0.4) is 0 Å². The number of hydrogen-bond donors (Lipinski definition) is 0. The Morgan fingerprint density at radius 1 is 0.917 bits per heavy atom. The van der Waals surface area contributed by atoms with Gasteiger partial charge in [-0.2, -0.15) is 5.26 Å². The fraction of sp³-hybridized carbons (Fsp3) is 0.842. The molecule has 138 valence electrons. The van der Waals surface area contributed by atoms with E-state index in [1.54, 1.807) is 13.8 Å². The second-order valence-corrected chi connectivity index (χ2v) is 7.87. The molecule has 0 bridgehead atoms. The maximum Gasteiger partial charge on any atom is 0.327 e. The maximum atomic E-state index is 12.8. The molecule has 0 radical (unpaired) electrons. The van der Waals surface area contributed by atoms with Crippen molar-refractivity contribution in [2.45, 2.75) is 55.4 Å². The largest absolute Gasteiger partial charge is 0.465 e. The monoisotopic (exact) mass is 339 g/mol. The average Bonchev–Trinajstić information content (AvgIpc) is 2.46. The molecular formula is C19H33NO4. The van der Waals surface area contributed by atoms with Gasteiger partial charge in [-0.3, -0.25) is 9.59 Å². The highest BCUT2D eigenvalue weighted by atomic mass is 16.5. The zero-order valence-electron chi connectivity index (χ0n) is 16.4. The number of rotatable bonds is 9. The van der Waals surface area contributed by atoms with Gasteiger partial charge >= 0.3 is 11.9 Å². The minimum atomic E-state index is -1.54. The lowest BCUT2D eigenvalue weighted by atomic mass is 9.64. The van der Waals surface area contributed by atoms with Gasteiger partial charge in [0.2, 0.25) is 0 Å². The molecule has 0 aromatic heterocycles. The molecule has 0 aromatic rings. The first kappa shape index (κ1) is 22.4. The van der Waals surface area contributed by atoms with E-state index in [0.29, 0.717) is 0 Å². The zero-order chi connectivity index (χ0) is 19.1. The number of hydrogen-bond acceptors (Lipinski definition) is 5. The van der Waals surface area contributed by atoms with Gasteiger partial charge in [-0.05, 0) is 23.7 Å². The first-order valence-corrected chi connectivity index (χ1v) is 8.75. The minimum Gasteiger partial charge on any atom is -0.465 e. The summed E-state index contributed by atoms with van der Waals surface area (Å²) in [6.07, 6.45) is 0. The van der Waals surface area contributed by atoms with Crippen LogP contribution in [0.25, 0.3) is 0 Å². The van der Waals surface area contributed by atoms with E-state index >= 15 is 0 Å². The highest BCUT2D eigenvalue weighted by Crippen LogP contribution is 2.42. The van der Waals surface area contributed by atoms with Crippen molar-refractivity contribution in [3.05, 3.63) is 0 Å². The van der Waals surface area contributed by atoms with Crippen LogP contribution in [-0.4, -0.2) is 25.2 Å². The Bertz CT molecular complexity index is 462. The van der Waals surface area contributed by atoms with Crippen molar-refractivity contribution in [3.63, 3.8) is 0 Å². The first-order valence-electron chi connectivity index (χ1n) is 8.75. The highest BCUT2D eigenvalue weighted by molar-refractivity contribution is 5.88. The van der Waals surface area contributed by atoms with Crippen molar-refractivity contribution in [2.24, 2.45) is 35.0 Å². The van der Waals surface area contributed by atoms with Crippen molar-refractivity contribution in [1.29, 1.82) is 5.26 Å². The van der Waals surface area contributed by atoms with E-state index in [4.69, 9.17) is 9.47 Å². The molecule has 0 rings (SSSR count). The van der Waals surface area contributed by atoms with Crippen LogP contribution in [0.4, 0.5) is 0 Å². The van der Waals surface area contributed by atoms with Crippen LogP contribution in [0, 0.1) is 46.3 Å². The molecule has 0 aliphatic carbocycles. The van der Waals surface area contributed by atoms with Gasteiger partial charge in [0.15, 0.2) is 5.41 Å². The second-order valence-electron chi connectivity index (χ2n) is 7.87. The van der Waals surface area contributed by atoms with E-state index in [1.165, 1.54) is 0 Å². The van der Waals surface area contributed by atoms with Crippen LogP contribution in [0.15, 0.2) is 0 Å². The minimum absolute atomic E-state index is 0.155. The fourth-order valence-corrected chi connectivity index (χ4v) is 2.65. The summed E-state index contributed by atoms with van der Waals surface area (Å²) in [6, 6.07) is 2.11. The van der Waals surface area contributed by atoms with Crippen molar-refractivity contribution in [1.82, 2.24) is 0 Å². The Balaban J connectivity index is 5.75. The third kappa shape index (κ3) is 5.51. The Hall–Kier alpha value is -1.57. The summed E-state index contributed by atoms with van der Waals surface area (Å²) < 4.78 is 10.7. The summed E-state index contributed by atoms with van der Waals surface area (Å²) in [6.45, 7) is 15.4. The van der Waals surface area contributed by atoms with Crippen molar-refractivity contribution in [2.75, 3.05) is 13.2 Å². The van der Waals surface area contributed by atoms with Crippen LogP contribution in [0.5, 0.6) is 0 Å². The number of carbonyl (C=O) groups is 2. The molecule has 5 heteroatoms. The van der Waals surface area contributed by atoms with Gasteiger partial charge in [-0.15, -0.1) is 0 Å². The number of nitrogens with zero attached hydrogens (tertiary/aromatic N) is 1. The normalized spacial score (nSPS) is 15.3. The summed E-state index contributed by atoms with van der Waals surface area (Å²) in [5, 5.41) is 9.87. The third-order valence-electron chi connectivity index (χ3n) is 3.95. The van der Waals surface area contributed by atoms with E-state index in [2.05, 4.69) is 6.07 Å². The molecule has 0 spiro atoms. The summed E-state index contributed by atoms with van der Waals surface area (Å²) in [4.78, 5) is 25.4. The SMILES string of the molecule is CC(C)COC(=O)C(C(C)C)C(C#N)(C(=O)OCC(C)C)C(C)C. The van der Waals surface area contributed by atoms with Gasteiger partial charge in [0.05, 0.1) is 25.2 Å². The fourth-order valence-electron chi connectivity index (χ4n) is 2.65. The number of nitriles is 1. The van der Waals surface area contributed by atoms with E-state index < -0.39 is 23.3 Å². The van der Waals surface area contributed by atoms with Gasteiger partial charge in [0, 0.05) is 0 Å². The molecule has 0 aromatic carbocycles. The van der Waals surface area contributed by atoms with Crippen LogP contribution >= 0.6 is 0 Å². The molecule has 2 unspecified atom stereocenters. The van der Waals surface area contributed by atoms with Crippen LogP contribution in [0.2, 0.25) is 0 Å². The standard InChI is InChI=1S/C19H33NO4/c1-12(2)9-23-17(21)16(14(5)6)19(11-20,15(7)8)18(22)24-10-13(3)4/h12-16H,9-10H2,1-8H3. The Kier molecular flexibility index (Phi) is 9.03. The van der Waals surface area contributed by atoms with Crippen LogP contribution in [-0.2, 0) is 19.1 Å². The van der Waals surface area contributed by atoms with Crippen LogP contribution < -0.4 is 0 Å². The van der Waals surface area contributed by atoms with Gasteiger partial charge in [-0.1, -0.05) is 55.4 Å². The highest BCUT2D eigenvalue weighted by Gasteiger charge is 2.55. The number of ether oxygens (including phenoxy) is 2. The lowest BCUT2D eigenvalue weighted by molar-refractivity contribution is -0.172. The Morgan fingerprint density at radius 2 is 1.38 bits per heavy atom. The Morgan fingerprint density at radius 3 is 1.71 bits per heavy atom.